The number of amides is 1. The summed E-state index contributed by atoms with van der Waals surface area (Å²) in [5.41, 5.74) is 3.10. The highest BCUT2D eigenvalue weighted by molar-refractivity contribution is 5.87. The molecule has 0 saturated carbocycles. The first-order valence-electron chi connectivity index (χ1n) is 7.87. The van der Waals surface area contributed by atoms with Crippen LogP contribution in [0.25, 0.3) is 0 Å². The Kier molecular flexibility index (Phi) is 8.19. The van der Waals surface area contributed by atoms with Crippen molar-refractivity contribution >= 4 is 11.9 Å². The van der Waals surface area contributed by atoms with Crippen molar-refractivity contribution in [2.45, 2.75) is 33.6 Å². The quantitative estimate of drug-likeness (QED) is 0.718. The van der Waals surface area contributed by atoms with E-state index >= 15 is 0 Å². The number of aromatic carboxylic acids is 1. The third-order valence-electron chi connectivity index (χ3n) is 3.22. The van der Waals surface area contributed by atoms with Crippen molar-refractivity contribution in [3.05, 3.63) is 65.0 Å². The van der Waals surface area contributed by atoms with E-state index in [0.717, 1.165) is 23.1 Å². The van der Waals surface area contributed by atoms with Gasteiger partial charge in [-0.3, -0.25) is 9.78 Å². The van der Waals surface area contributed by atoms with Crippen LogP contribution in [0.4, 0.5) is 0 Å². The molecule has 0 atom stereocenters. The van der Waals surface area contributed by atoms with Crippen molar-refractivity contribution in [3.8, 4) is 0 Å². The summed E-state index contributed by atoms with van der Waals surface area (Å²) < 4.78 is 0. The fourth-order valence-corrected chi connectivity index (χ4v) is 1.95. The van der Waals surface area contributed by atoms with Gasteiger partial charge in [-0.15, -0.1) is 0 Å². The Hall–Kier alpha value is -2.69. The number of rotatable bonds is 8. The van der Waals surface area contributed by atoms with E-state index in [1.54, 1.807) is 12.3 Å². The van der Waals surface area contributed by atoms with Gasteiger partial charge in [0, 0.05) is 25.9 Å². The Morgan fingerprint density at radius 2 is 2.00 bits per heavy atom. The highest BCUT2D eigenvalue weighted by atomic mass is 16.4. The molecule has 0 radical (unpaired) electrons. The summed E-state index contributed by atoms with van der Waals surface area (Å²) in [6, 6.07) is 1.64. The first-order valence-corrected chi connectivity index (χ1v) is 7.87. The van der Waals surface area contributed by atoms with Crippen molar-refractivity contribution in [1.82, 2.24) is 10.3 Å². The number of hydrogen-bond acceptors (Lipinski definition) is 3. The van der Waals surface area contributed by atoms with Crippen LogP contribution < -0.4 is 5.32 Å². The second-order valence-electron chi connectivity index (χ2n) is 5.54. The molecule has 128 valence electrons. The molecule has 0 aliphatic heterocycles. The van der Waals surface area contributed by atoms with E-state index in [1.165, 1.54) is 13.1 Å². The van der Waals surface area contributed by atoms with Gasteiger partial charge in [0.1, 0.15) is 0 Å². The molecule has 1 amide bonds. The van der Waals surface area contributed by atoms with Crippen LogP contribution in [0.15, 0.2) is 53.9 Å². The number of carboxylic acid groups (broad SMARTS) is 1. The van der Waals surface area contributed by atoms with Gasteiger partial charge in [-0.05, 0) is 37.0 Å². The largest absolute Gasteiger partial charge is 0.478 e. The maximum absolute atomic E-state index is 11.0. The molecule has 1 rings (SSSR count). The van der Waals surface area contributed by atoms with Crippen LogP contribution in [0.2, 0.25) is 0 Å². The smallest absolute Gasteiger partial charge is 0.337 e. The van der Waals surface area contributed by atoms with Gasteiger partial charge in [0.15, 0.2) is 0 Å². The Labute approximate surface area is 142 Å². The predicted molar refractivity (Wildman–Crippen MR) is 94.9 cm³/mol. The molecule has 1 aromatic heterocycles. The van der Waals surface area contributed by atoms with Crippen LogP contribution in [0.1, 0.15) is 43.1 Å². The molecule has 2 N–H and O–H groups in total. The number of nitrogens with zero attached hydrogens (tertiary/aromatic N) is 1. The lowest BCUT2D eigenvalue weighted by Crippen LogP contribution is -2.21. The average molecular weight is 328 g/mol. The van der Waals surface area contributed by atoms with Gasteiger partial charge in [-0.1, -0.05) is 36.8 Å². The van der Waals surface area contributed by atoms with Gasteiger partial charge < -0.3 is 10.4 Å². The van der Waals surface area contributed by atoms with E-state index in [1.807, 2.05) is 25.2 Å². The van der Waals surface area contributed by atoms with Gasteiger partial charge in [0.05, 0.1) is 5.56 Å². The second kappa shape index (κ2) is 10.2. The van der Waals surface area contributed by atoms with E-state index in [9.17, 15) is 9.59 Å². The van der Waals surface area contributed by atoms with Crippen molar-refractivity contribution in [3.63, 3.8) is 0 Å². The first-order chi connectivity index (χ1) is 11.4. The van der Waals surface area contributed by atoms with Crippen LogP contribution in [0.3, 0.4) is 0 Å². The van der Waals surface area contributed by atoms with Crippen LogP contribution >= 0.6 is 0 Å². The number of carbonyl (C=O) groups excluding carboxylic acids is 1. The number of carboxylic acids is 1. The van der Waals surface area contributed by atoms with Gasteiger partial charge >= 0.3 is 5.97 Å². The van der Waals surface area contributed by atoms with Gasteiger partial charge in [-0.2, -0.15) is 0 Å². The van der Waals surface area contributed by atoms with Gasteiger partial charge in [0.2, 0.25) is 5.91 Å². The molecule has 0 saturated heterocycles. The average Bonchev–Trinajstić information content (AvgIpc) is 2.55. The molecule has 0 aliphatic carbocycles. The Morgan fingerprint density at radius 1 is 1.25 bits per heavy atom. The summed E-state index contributed by atoms with van der Waals surface area (Å²) >= 11 is 0. The second-order valence-corrected chi connectivity index (χ2v) is 5.54. The number of pyridine rings is 1. The molecule has 24 heavy (non-hydrogen) atoms. The molecule has 0 unspecified atom stereocenters. The van der Waals surface area contributed by atoms with E-state index in [0.29, 0.717) is 13.0 Å². The predicted octanol–water partition coefficient (Wildman–Crippen LogP) is 3.30. The molecule has 0 fully saturated rings. The molecule has 1 aromatic rings. The maximum atomic E-state index is 11.0. The number of allylic oxidation sites excluding steroid dienone is 5. The summed E-state index contributed by atoms with van der Waals surface area (Å²) in [5.74, 6) is -1.04. The number of carbonyl (C=O) groups is 2. The number of aromatic nitrogens is 1. The molecule has 1 heterocycles. The lowest BCUT2D eigenvalue weighted by molar-refractivity contribution is -0.118. The molecule has 5 heteroatoms. The Bertz CT molecular complexity index is 673. The molecular formula is C19H24N2O3. The van der Waals surface area contributed by atoms with Crippen molar-refractivity contribution in [2.24, 2.45) is 0 Å². The zero-order valence-corrected chi connectivity index (χ0v) is 14.4. The zero-order chi connectivity index (χ0) is 17.9. The van der Waals surface area contributed by atoms with Crippen molar-refractivity contribution < 1.29 is 14.7 Å². The highest BCUT2D eigenvalue weighted by Gasteiger charge is 2.05. The van der Waals surface area contributed by atoms with E-state index in [-0.39, 0.29) is 11.5 Å². The molecule has 0 aromatic carbocycles. The normalized spacial score (nSPS) is 12.5. The van der Waals surface area contributed by atoms with Crippen molar-refractivity contribution in [1.29, 1.82) is 0 Å². The Morgan fingerprint density at radius 3 is 2.62 bits per heavy atom. The third kappa shape index (κ3) is 7.54. The molecule has 0 spiro atoms. The third-order valence-corrected chi connectivity index (χ3v) is 3.22. The monoisotopic (exact) mass is 328 g/mol. The fourth-order valence-electron chi connectivity index (χ4n) is 1.95. The summed E-state index contributed by atoms with van der Waals surface area (Å²) in [4.78, 5) is 26.0. The Balaban J connectivity index is 2.92. The SMILES string of the molecule is CC/C=C/C(=C\C=C(/C)CNC(C)=O)Cc1cncc(C(=O)O)c1. The minimum atomic E-state index is -0.981. The summed E-state index contributed by atoms with van der Waals surface area (Å²) in [7, 11) is 0. The fraction of sp³-hybridized carbons (Fsp3) is 0.316. The summed E-state index contributed by atoms with van der Waals surface area (Å²) in [6.45, 7) is 5.99. The summed E-state index contributed by atoms with van der Waals surface area (Å²) in [6.07, 6.45) is 12.5. The lowest BCUT2D eigenvalue weighted by Gasteiger charge is -2.05. The molecule has 0 bridgehead atoms. The van der Waals surface area contributed by atoms with Gasteiger partial charge in [-0.25, -0.2) is 4.79 Å². The van der Waals surface area contributed by atoms with Crippen LogP contribution in [-0.4, -0.2) is 28.5 Å². The number of nitrogens with one attached hydrogen (secondary N) is 1. The highest BCUT2D eigenvalue weighted by Crippen LogP contribution is 2.12. The van der Waals surface area contributed by atoms with Gasteiger partial charge in [0.25, 0.3) is 0 Å². The van der Waals surface area contributed by atoms with Crippen molar-refractivity contribution in [2.75, 3.05) is 6.54 Å². The zero-order valence-electron chi connectivity index (χ0n) is 14.4. The van der Waals surface area contributed by atoms with E-state index < -0.39 is 5.97 Å². The van der Waals surface area contributed by atoms with E-state index in [2.05, 4.69) is 23.3 Å². The topological polar surface area (TPSA) is 79.3 Å². The van der Waals surface area contributed by atoms with E-state index in [4.69, 9.17) is 5.11 Å². The first kappa shape index (κ1) is 19.4. The number of hydrogen-bond donors (Lipinski definition) is 2. The maximum Gasteiger partial charge on any atom is 0.337 e. The standard InChI is InChI=1S/C19H24N2O3/c1-4-5-6-16(8-7-14(2)11-21-15(3)22)9-17-10-18(19(23)24)13-20-12-17/h5-8,10,12-13H,4,9,11H2,1-3H3,(H,21,22)(H,23,24)/b6-5+,14-7+,16-8+. The minimum absolute atomic E-state index is 0.0607. The molecule has 5 nitrogen and oxygen atoms in total. The molecule has 0 aliphatic rings. The van der Waals surface area contributed by atoms with Crippen LogP contribution in [0.5, 0.6) is 0 Å². The van der Waals surface area contributed by atoms with Crippen LogP contribution in [-0.2, 0) is 11.2 Å². The molecular weight excluding hydrogens is 304 g/mol. The minimum Gasteiger partial charge on any atom is -0.478 e. The summed E-state index contributed by atoms with van der Waals surface area (Å²) in [5, 5.41) is 11.8. The lowest BCUT2D eigenvalue weighted by atomic mass is 10.0. The van der Waals surface area contributed by atoms with Crippen LogP contribution in [0, 0.1) is 0 Å².